The van der Waals surface area contributed by atoms with Crippen molar-refractivity contribution in [2.45, 2.75) is 13.8 Å². The molecule has 0 saturated heterocycles. The molecule has 4 aromatic carbocycles. The highest BCUT2D eigenvalue weighted by Gasteiger charge is 2.09. The Labute approximate surface area is 184 Å². The molecule has 0 aliphatic carbocycles. The molecule has 0 aliphatic heterocycles. The third-order valence-electron chi connectivity index (χ3n) is 5.16. The minimum atomic E-state index is 0.917. The maximum Gasteiger partial charge on any atom is 0.0730 e. The zero-order valence-corrected chi connectivity index (χ0v) is 17.9. The summed E-state index contributed by atoms with van der Waals surface area (Å²) in [6, 6.07) is 37.3. The molecule has 0 fully saturated rings. The van der Waals surface area contributed by atoms with E-state index in [9.17, 15) is 0 Å². The van der Waals surface area contributed by atoms with Crippen LogP contribution in [0.2, 0.25) is 0 Å². The molecule has 0 radical (unpaired) electrons. The summed E-state index contributed by atoms with van der Waals surface area (Å²) in [6.07, 6.45) is 2.14. The lowest BCUT2D eigenvalue weighted by Gasteiger charge is -2.14. The molecular weight excluding hydrogens is 376 g/mol. The van der Waals surface area contributed by atoms with E-state index in [2.05, 4.69) is 104 Å². The molecule has 152 valence electrons. The van der Waals surface area contributed by atoms with Gasteiger partial charge < -0.3 is 5.32 Å². The van der Waals surface area contributed by atoms with Gasteiger partial charge in [-0.05, 0) is 48.7 Å². The van der Waals surface area contributed by atoms with Crippen LogP contribution in [0.15, 0.2) is 120 Å². The highest BCUT2D eigenvalue weighted by Crippen LogP contribution is 2.26. The molecule has 2 heteroatoms. The first-order valence-corrected chi connectivity index (χ1v) is 10.5. The number of allylic oxidation sites excluding steroid dienone is 1. The lowest BCUT2D eigenvalue weighted by atomic mass is 10.0. The molecule has 4 rings (SSSR count). The van der Waals surface area contributed by atoms with Gasteiger partial charge in [-0.15, -0.1) is 0 Å². The molecule has 0 atom stereocenters. The summed E-state index contributed by atoms with van der Waals surface area (Å²) in [5.74, 6) is 0. The van der Waals surface area contributed by atoms with Gasteiger partial charge in [0.25, 0.3) is 0 Å². The average molecular weight is 403 g/mol. The second-order valence-electron chi connectivity index (χ2n) is 7.52. The summed E-state index contributed by atoms with van der Waals surface area (Å²) in [7, 11) is 0. The highest BCUT2D eigenvalue weighted by molar-refractivity contribution is 6.14. The second kappa shape index (κ2) is 9.73. The number of aryl methyl sites for hydroxylation is 2. The lowest BCUT2D eigenvalue weighted by Crippen LogP contribution is -2.05. The van der Waals surface area contributed by atoms with Crippen LogP contribution < -0.4 is 5.32 Å². The third kappa shape index (κ3) is 5.18. The third-order valence-corrected chi connectivity index (χ3v) is 5.16. The number of nitrogens with zero attached hydrogens (tertiary/aromatic N) is 1. The molecule has 0 aromatic heterocycles. The van der Waals surface area contributed by atoms with Gasteiger partial charge in [-0.25, -0.2) is 4.99 Å². The van der Waals surface area contributed by atoms with Crippen molar-refractivity contribution in [1.29, 1.82) is 0 Å². The van der Waals surface area contributed by atoms with E-state index in [1.54, 1.807) is 0 Å². The lowest BCUT2D eigenvalue weighted by molar-refractivity contribution is 1.32. The molecule has 0 saturated carbocycles. The molecule has 4 aromatic rings. The molecule has 2 nitrogen and oxygen atoms in total. The highest BCUT2D eigenvalue weighted by atomic mass is 14.9. The molecule has 0 unspecified atom stereocenters. The number of rotatable bonds is 6. The number of hydrogen-bond donors (Lipinski definition) is 1. The van der Waals surface area contributed by atoms with Crippen molar-refractivity contribution in [3.8, 4) is 0 Å². The van der Waals surface area contributed by atoms with E-state index in [0.29, 0.717) is 0 Å². The summed E-state index contributed by atoms with van der Waals surface area (Å²) in [5, 5.41) is 3.59. The topological polar surface area (TPSA) is 24.4 Å². The Morgan fingerprint density at radius 3 is 1.71 bits per heavy atom. The van der Waals surface area contributed by atoms with E-state index < -0.39 is 0 Å². The zero-order chi connectivity index (χ0) is 21.5. The van der Waals surface area contributed by atoms with Gasteiger partial charge in [-0.2, -0.15) is 0 Å². The van der Waals surface area contributed by atoms with Gasteiger partial charge >= 0.3 is 0 Å². The Bertz CT molecular complexity index is 1170. The minimum absolute atomic E-state index is 0.917. The van der Waals surface area contributed by atoms with Crippen molar-refractivity contribution in [3.63, 3.8) is 0 Å². The standard InChI is InChI=1S/C29H26N2/c1-22-13-12-14-23(2)29(22)31-28(25-17-8-4-9-18-25)21-27(24-15-6-3-7-16-24)30-26-19-10-5-11-20-26/h3-21,30H,1-2H3/b27-21-,31-28?. The predicted octanol–water partition coefficient (Wildman–Crippen LogP) is 7.58. The van der Waals surface area contributed by atoms with Gasteiger partial charge in [0.05, 0.1) is 11.4 Å². The van der Waals surface area contributed by atoms with Crippen LogP contribution in [0.1, 0.15) is 22.3 Å². The summed E-state index contributed by atoms with van der Waals surface area (Å²) < 4.78 is 0. The Morgan fingerprint density at radius 2 is 1.13 bits per heavy atom. The molecule has 31 heavy (non-hydrogen) atoms. The molecule has 0 heterocycles. The molecule has 0 amide bonds. The number of hydrogen-bond acceptors (Lipinski definition) is 2. The Balaban J connectivity index is 1.88. The van der Waals surface area contributed by atoms with Crippen molar-refractivity contribution in [3.05, 3.63) is 138 Å². The predicted molar refractivity (Wildman–Crippen MR) is 133 cm³/mol. The first-order chi connectivity index (χ1) is 15.2. The van der Waals surface area contributed by atoms with Gasteiger partial charge in [0.1, 0.15) is 0 Å². The van der Waals surface area contributed by atoms with Crippen molar-refractivity contribution in [2.24, 2.45) is 4.99 Å². The number of benzene rings is 4. The number of anilines is 1. The Hall–Kier alpha value is -3.91. The monoisotopic (exact) mass is 402 g/mol. The van der Waals surface area contributed by atoms with Crippen LogP contribution in [-0.4, -0.2) is 5.71 Å². The fourth-order valence-corrected chi connectivity index (χ4v) is 3.51. The van der Waals surface area contributed by atoms with Crippen molar-refractivity contribution in [2.75, 3.05) is 5.32 Å². The number of nitrogens with one attached hydrogen (secondary N) is 1. The smallest absolute Gasteiger partial charge is 0.0730 e. The fourth-order valence-electron chi connectivity index (χ4n) is 3.51. The van der Waals surface area contributed by atoms with Crippen molar-refractivity contribution < 1.29 is 0 Å². The quantitative estimate of drug-likeness (QED) is 0.330. The molecule has 0 bridgehead atoms. The zero-order valence-electron chi connectivity index (χ0n) is 17.9. The van der Waals surface area contributed by atoms with Crippen LogP contribution in [0.3, 0.4) is 0 Å². The SMILES string of the molecule is Cc1cccc(C)c1N=C(/C=C(\Nc1ccccc1)c1ccccc1)c1ccccc1. The van der Waals surface area contributed by atoms with Gasteiger partial charge in [0.2, 0.25) is 0 Å². The van der Waals surface area contributed by atoms with Crippen LogP contribution in [-0.2, 0) is 0 Å². The Kier molecular flexibility index (Phi) is 6.39. The summed E-state index contributed by atoms with van der Waals surface area (Å²) >= 11 is 0. The van der Waals surface area contributed by atoms with E-state index in [1.165, 1.54) is 11.1 Å². The average Bonchev–Trinajstić information content (AvgIpc) is 2.82. The van der Waals surface area contributed by atoms with Gasteiger partial charge in [-0.3, -0.25) is 0 Å². The first-order valence-electron chi connectivity index (χ1n) is 10.5. The van der Waals surface area contributed by atoms with Crippen LogP contribution in [0.4, 0.5) is 11.4 Å². The minimum Gasteiger partial charge on any atom is -0.355 e. The van der Waals surface area contributed by atoms with E-state index in [1.807, 2.05) is 30.3 Å². The van der Waals surface area contributed by atoms with Gasteiger partial charge in [0, 0.05) is 16.9 Å². The number of aliphatic imine (C=N–C) groups is 1. The maximum absolute atomic E-state index is 5.14. The summed E-state index contributed by atoms with van der Waals surface area (Å²) in [5.41, 5.74) is 8.49. The van der Waals surface area contributed by atoms with E-state index in [4.69, 9.17) is 4.99 Å². The van der Waals surface area contributed by atoms with E-state index >= 15 is 0 Å². The van der Waals surface area contributed by atoms with Gasteiger partial charge in [0.15, 0.2) is 0 Å². The summed E-state index contributed by atoms with van der Waals surface area (Å²) in [6.45, 7) is 4.22. The number of para-hydroxylation sites is 2. The van der Waals surface area contributed by atoms with E-state index in [0.717, 1.165) is 33.9 Å². The Morgan fingerprint density at radius 1 is 0.613 bits per heavy atom. The van der Waals surface area contributed by atoms with Crippen LogP contribution >= 0.6 is 0 Å². The van der Waals surface area contributed by atoms with Crippen LogP contribution in [0.25, 0.3) is 5.70 Å². The molecule has 1 N–H and O–H groups in total. The first kappa shape index (κ1) is 20.4. The fraction of sp³-hybridized carbons (Fsp3) is 0.0690. The van der Waals surface area contributed by atoms with Crippen LogP contribution in [0.5, 0.6) is 0 Å². The summed E-state index contributed by atoms with van der Waals surface area (Å²) in [4.78, 5) is 5.14. The molecular formula is C29H26N2. The second-order valence-corrected chi connectivity index (χ2v) is 7.52. The van der Waals surface area contributed by atoms with E-state index in [-0.39, 0.29) is 0 Å². The largest absolute Gasteiger partial charge is 0.355 e. The maximum atomic E-state index is 5.14. The van der Waals surface area contributed by atoms with Gasteiger partial charge in [-0.1, -0.05) is 97.1 Å². The van der Waals surface area contributed by atoms with Crippen molar-refractivity contribution >= 4 is 22.8 Å². The molecule has 0 aliphatic rings. The van der Waals surface area contributed by atoms with Crippen molar-refractivity contribution in [1.82, 2.24) is 0 Å². The van der Waals surface area contributed by atoms with Crippen LogP contribution in [0, 0.1) is 13.8 Å². The molecule has 0 spiro atoms. The normalized spacial score (nSPS) is 11.9.